The quantitative estimate of drug-likeness (QED) is 0.674. The summed E-state index contributed by atoms with van der Waals surface area (Å²) in [7, 11) is 0. The van der Waals surface area contributed by atoms with Crippen LogP contribution in [0.5, 0.6) is 0 Å². The van der Waals surface area contributed by atoms with Gasteiger partial charge >= 0.3 is 0 Å². The largest absolute Gasteiger partial charge is 0.355 e. The first-order valence-electron chi connectivity index (χ1n) is 3.10. The summed E-state index contributed by atoms with van der Waals surface area (Å²) < 4.78 is 0. The Hall–Kier alpha value is -0.0500. The van der Waals surface area contributed by atoms with Crippen molar-refractivity contribution in [3.05, 3.63) is 0 Å². The summed E-state index contributed by atoms with van der Waals surface area (Å²) in [6.45, 7) is 4.61. The van der Waals surface area contributed by atoms with Crippen LogP contribution in [0, 0.1) is 0 Å². The number of alkyl halides is 1. The van der Waals surface area contributed by atoms with E-state index in [1.54, 1.807) is 0 Å². The maximum atomic E-state index is 10.7. The highest BCUT2D eigenvalue weighted by atomic mass is 79.9. The van der Waals surface area contributed by atoms with Crippen molar-refractivity contribution >= 4 is 21.8 Å². The van der Waals surface area contributed by atoms with Gasteiger partial charge in [-0.15, -0.1) is 0 Å². The van der Waals surface area contributed by atoms with Crippen LogP contribution >= 0.6 is 15.9 Å². The summed E-state index contributed by atoms with van der Waals surface area (Å²) >= 11 is 3.16. The fourth-order valence-electron chi connectivity index (χ4n) is 0.389. The topological polar surface area (TPSA) is 29.1 Å². The Morgan fingerprint density at radius 2 is 2.33 bits per heavy atom. The van der Waals surface area contributed by atoms with Gasteiger partial charge in [-0.25, -0.2) is 0 Å². The molecule has 0 unspecified atom stereocenters. The molecule has 0 aliphatic heterocycles. The van der Waals surface area contributed by atoms with E-state index in [0.29, 0.717) is 0 Å². The van der Waals surface area contributed by atoms with Gasteiger partial charge in [0, 0.05) is 6.54 Å². The van der Waals surface area contributed by atoms with Crippen molar-refractivity contribution < 1.29 is 4.79 Å². The van der Waals surface area contributed by atoms with Crippen LogP contribution < -0.4 is 5.32 Å². The van der Waals surface area contributed by atoms with Crippen LogP contribution in [-0.4, -0.2) is 17.3 Å². The number of hydrogen-bond acceptors (Lipinski definition) is 1. The van der Waals surface area contributed by atoms with Crippen LogP contribution in [0.15, 0.2) is 0 Å². The summed E-state index contributed by atoms with van der Waals surface area (Å²) in [5.41, 5.74) is 0. The zero-order valence-electron chi connectivity index (χ0n) is 5.78. The lowest BCUT2D eigenvalue weighted by Crippen LogP contribution is -2.29. The minimum Gasteiger partial charge on any atom is -0.355 e. The van der Waals surface area contributed by atoms with Gasteiger partial charge in [-0.05, 0) is 13.3 Å². The van der Waals surface area contributed by atoms with E-state index in [4.69, 9.17) is 0 Å². The Labute approximate surface area is 64.1 Å². The van der Waals surface area contributed by atoms with Gasteiger partial charge in [0.1, 0.15) is 0 Å². The number of nitrogens with one attached hydrogen (secondary N) is 1. The minimum atomic E-state index is -0.0657. The van der Waals surface area contributed by atoms with E-state index in [-0.39, 0.29) is 10.7 Å². The first kappa shape index (κ1) is 8.95. The maximum Gasteiger partial charge on any atom is 0.233 e. The molecule has 0 saturated heterocycles. The molecule has 1 amide bonds. The third kappa shape index (κ3) is 4.45. The Bertz CT molecular complexity index is 93.1. The lowest BCUT2D eigenvalue weighted by atomic mass is 10.4. The summed E-state index contributed by atoms with van der Waals surface area (Å²) in [6, 6.07) is 0. The number of rotatable bonds is 3. The molecule has 0 aromatic heterocycles. The molecule has 0 rings (SSSR count). The number of carbonyl (C=O) groups excluding carboxylic acids is 1. The van der Waals surface area contributed by atoms with E-state index in [9.17, 15) is 4.79 Å². The Balaban J connectivity index is 3.28. The first-order valence-corrected chi connectivity index (χ1v) is 4.01. The van der Waals surface area contributed by atoms with Crippen LogP contribution in [0.4, 0.5) is 0 Å². The Morgan fingerprint density at radius 1 is 1.78 bits per heavy atom. The van der Waals surface area contributed by atoms with Gasteiger partial charge < -0.3 is 5.32 Å². The molecule has 0 radical (unpaired) electrons. The van der Waals surface area contributed by atoms with E-state index < -0.39 is 0 Å². The van der Waals surface area contributed by atoms with Gasteiger partial charge in [0.05, 0.1) is 4.83 Å². The van der Waals surface area contributed by atoms with Gasteiger partial charge in [-0.2, -0.15) is 0 Å². The lowest BCUT2D eigenvalue weighted by molar-refractivity contribution is -0.120. The van der Waals surface area contributed by atoms with Gasteiger partial charge in [0.25, 0.3) is 0 Å². The number of halogens is 1. The molecule has 9 heavy (non-hydrogen) atoms. The van der Waals surface area contributed by atoms with Crippen molar-refractivity contribution in [3.8, 4) is 0 Å². The number of amides is 1. The highest BCUT2D eigenvalue weighted by Gasteiger charge is 2.05. The predicted molar refractivity (Wildman–Crippen MR) is 41.7 cm³/mol. The summed E-state index contributed by atoms with van der Waals surface area (Å²) in [6.07, 6.45) is 0.992. The standard InChI is InChI=1S/C6H12BrNO/c1-3-4-8-6(9)5(2)7/h5H,3-4H2,1-2H3,(H,8,9)/t5-/m0/s1. The van der Waals surface area contributed by atoms with Crippen molar-refractivity contribution in [2.75, 3.05) is 6.54 Å². The van der Waals surface area contributed by atoms with Gasteiger partial charge in [-0.3, -0.25) is 4.79 Å². The molecule has 0 aromatic carbocycles. The summed E-state index contributed by atoms with van der Waals surface area (Å²) in [5.74, 6) is 0.0665. The lowest BCUT2D eigenvalue weighted by Gasteiger charge is -2.03. The molecule has 0 bridgehead atoms. The molecule has 0 aromatic rings. The molecule has 0 heterocycles. The second kappa shape index (κ2) is 4.79. The molecule has 1 atom stereocenters. The normalized spacial score (nSPS) is 12.8. The smallest absolute Gasteiger partial charge is 0.233 e. The second-order valence-corrected chi connectivity index (χ2v) is 3.28. The van der Waals surface area contributed by atoms with E-state index in [0.717, 1.165) is 13.0 Å². The van der Waals surface area contributed by atoms with Gasteiger partial charge in [-0.1, -0.05) is 22.9 Å². The van der Waals surface area contributed by atoms with E-state index in [1.165, 1.54) is 0 Å². The Kier molecular flexibility index (Phi) is 4.77. The third-order valence-electron chi connectivity index (χ3n) is 0.911. The van der Waals surface area contributed by atoms with Crippen LogP contribution in [0.3, 0.4) is 0 Å². The fraction of sp³-hybridized carbons (Fsp3) is 0.833. The van der Waals surface area contributed by atoms with Crippen LogP contribution in [-0.2, 0) is 4.79 Å². The molecule has 54 valence electrons. The van der Waals surface area contributed by atoms with Crippen LogP contribution in [0.1, 0.15) is 20.3 Å². The van der Waals surface area contributed by atoms with E-state index in [2.05, 4.69) is 21.2 Å². The molecule has 3 heteroatoms. The summed E-state index contributed by atoms with van der Waals surface area (Å²) in [4.78, 5) is 10.7. The monoisotopic (exact) mass is 193 g/mol. The minimum absolute atomic E-state index is 0.0657. The zero-order chi connectivity index (χ0) is 7.28. The third-order valence-corrected chi connectivity index (χ3v) is 1.33. The molecule has 1 N–H and O–H groups in total. The van der Waals surface area contributed by atoms with Crippen LogP contribution in [0.25, 0.3) is 0 Å². The van der Waals surface area contributed by atoms with Gasteiger partial charge in [0.2, 0.25) is 5.91 Å². The highest BCUT2D eigenvalue weighted by Crippen LogP contribution is 1.95. The zero-order valence-corrected chi connectivity index (χ0v) is 7.36. The van der Waals surface area contributed by atoms with E-state index in [1.807, 2.05) is 13.8 Å². The molecule has 0 fully saturated rings. The first-order chi connectivity index (χ1) is 4.18. The molecule has 0 spiro atoms. The molecule has 0 saturated carbocycles. The molecule has 0 aliphatic carbocycles. The average molecular weight is 194 g/mol. The molecule has 2 nitrogen and oxygen atoms in total. The Morgan fingerprint density at radius 3 is 2.67 bits per heavy atom. The summed E-state index contributed by atoms with van der Waals surface area (Å²) in [5, 5.41) is 2.75. The predicted octanol–water partition coefficient (Wildman–Crippen LogP) is 1.30. The second-order valence-electron chi connectivity index (χ2n) is 1.91. The molecule has 0 aliphatic rings. The SMILES string of the molecule is CCCNC(=O)[C@H](C)Br. The number of hydrogen-bond donors (Lipinski definition) is 1. The molecular weight excluding hydrogens is 182 g/mol. The van der Waals surface area contributed by atoms with Crippen LogP contribution in [0.2, 0.25) is 0 Å². The van der Waals surface area contributed by atoms with Crippen molar-refractivity contribution in [3.63, 3.8) is 0 Å². The number of carbonyl (C=O) groups is 1. The van der Waals surface area contributed by atoms with E-state index >= 15 is 0 Å². The van der Waals surface area contributed by atoms with Crippen molar-refractivity contribution in [1.29, 1.82) is 0 Å². The highest BCUT2D eigenvalue weighted by molar-refractivity contribution is 9.10. The van der Waals surface area contributed by atoms with Gasteiger partial charge in [0.15, 0.2) is 0 Å². The van der Waals surface area contributed by atoms with Crippen molar-refractivity contribution in [2.24, 2.45) is 0 Å². The fourth-order valence-corrected chi connectivity index (χ4v) is 0.551. The van der Waals surface area contributed by atoms with Crippen molar-refractivity contribution in [1.82, 2.24) is 5.32 Å². The average Bonchev–Trinajstić information content (AvgIpc) is 1.82. The maximum absolute atomic E-state index is 10.7. The molecular formula is C6H12BrNO. The van der Waals surface area contributed by atoms with Crippen molar-refractivity contribution in [2.45, 2.75) is 25.1 Å².